The van der Waals surface area contributed by atoms with E-state index in [0.717, 1.165) is 5.20 Å². The fourth-order valence-corrected chi connectivity index (χ4v) is 6.71. The van der Waals surface area contributed by atoms with E-state index in [1.54, 1.807) is 12.1 Å². The van der Waals surface area contributed by atoms with Crippen LogP contribution in [0.15, 0.2) is 41.6 Å². The van der Waals surface area contributed by atoms with Gasteiger partial charge < -0.3 is 13.3 Å². The molecule has 27 heavy (non-hydrogen) atoms. The highest BCUT2D eigenvalue weighted by molar-refractivity contribution is 6.69. The highest BCUT2D eigenvalue weighted by Crippen LogP contribution is 2.42. The van der Waals surface area contributed by atoms with E-state index in [0.29, 0.717) is 38.3 Å². The van der Waals surface area contributed by atoms with Crippen molar-refractivity contribution < 1.29 is 22.9 Å². The van der Waals surface area contributed by atoms with Crippen LogP contribution in [0.4, 0.5) is 5.69 Å². The monoisotopic (exact) mass is 389 g/mol. The molecule has 1 fully saturated rings. The Kier molecular flexibility index (Phi) is 6.26. The molecule has 0 N–H and O–H groups in total. The number of imide groups is 1. The first-order valence-corrected chi connectivity index (χ1v) is 11.3. The molecule has 1 heterocycles. The average Bonchev–Trinajstić information content (AvgIpc) is 2.93. The molecule has 0 bridgehead atoms. The number of rotatable bonds is 8. The minimum absolute atomic E-state index is 0.122. The van der Waals surface area contributed by atoms with Crippen molar-refractivity contribution in [2.45, 2.75) is 33.6 Å². The van der Waals surface area contributed by atoms with E-state index in [4.69, 9.17) is 13.3 Å². The zero-order chi connectivity index (χ0) is 19.4. The smallest absolute Gasteiger partial charge is 0.370 e. The molecule has 2 atom stereocenters. The number of hydrogen-bond donors (Lipinski definition) is 0. The highest BCUT2D eigenvalue weighted by Gasteiger charge is 2.54. The SMILES string of the molecule is CCO[Si](OCC)(OCC)C1=CCC2C(=O)N(c3ccccc3)C(=O)C2C1. The van der Waals surface area contributed by atoms with Crippen LogP contribution in [0.2, 0.25) is 0 Å². The molecule has 0 saturated carbocycles. The van der Waals surface area contributed by atoms with Gasteiger partial charge in [0.15, 0.2) is 0 Å². The van der Waals surface area contributed by atoms with Crippen LogP contribution in [-0.2, 0) is 22.9 Å². The summed E-state index contributed by atoms with van der Waals surface area (Å²) in [5.74, 6) is -0.971. The summed E-state index contributed by atoms with van der Waals surface area (Å²) in [6, 6.07) is 9.12. The molecular formula is C20H27NO5Si. The zero-order valence-electron chi connectivity index (χ0n) is 16.1. The van der Waals surface area contributed by atoms with Crippen LogP contribution in [0.3, 0.4) is 0 Å². The van der Waals surface area contributed by atoms with E-state index in [9.17, 15) is 9.59 Å². The summed E-state index contributed by atoms with van der Waals surface area (Å²) >= 11 is 0. The fraction of sp³-hybridized carbons (Fsp3) is 0.500. The van der Waals surface area contributed by atoms with Crippen molar-refractivity contribution in [3.8, 4) is 0 Å². The normalized spacial score (nSPS) is 22.8. The van der Waals surface area contributed by atoms with Crippen LogP contribution < -0.4 is 4.90 Å². The summed E-state index contributed by atoms with van der Waals surface area (Å²) in [6.45, 7) is 7.15. The lowest BCUT2D eigenvalue weighted by Crippen LogP contribution is -2.50. The fourth-order valence-electron chi connectivity index (χ4n) is 3.92. The average molecular weight is 390 g/mol. The van der Waals surface area contributed by atoms with E-state index in [1.807, 2.05) is 45.0 Å². The van der Waals surface area contributed by atoms with E-state index in [1.165, 1.54) is 4.90 Å². The number of carbonyl (C=O) groups is 2. The molecule has 0 spiro atoms. The predicted octanol–water partition coefficient (Wildman–Crippen LogP) is 3.10. The van der Waals surface area contributed by atoms with E-state index < -0.39 is 8.80 Å². The van der Waals surface area contributed by atoms with Crippen LogP contribution in [0.5, 0.6) is 0 Å². The molecule has 2 unspecified atom stereocenters. The van der Waals surface area contributed by atoms with Crippen molar-refractivity contribution in [3.63, 3.8) is 0 Å². The van der Waals surface area contributed by atoms with Crippen molar-refractivity contribution in [1.82, 2.24) is 0 Å². The zero-order valence-corrected chi connectivity index (χ0v) is 17.1. The number of para-hydroxylation sites is 1. The van der Waals surface area contributed by atoms with E-state index in [2.05, 4.69) is 0 Å². The van der Waals surface area contributed by atoms with E-state index >= 15 is 0 Å². The quantitative estimate of drug-likeness (QED) is 0.505. The number of hydrogen-bond acceptors (Lipinski definition) is 5. The van der Waals surface area contributed by atoms with Crippen LogP contribution >= 0.6 is 0 Å². The molecule has 0 radical (unpaired) electrons. The van der Waals surface area contributed by atoms with Gasteiger partial charge in [-0.15, -0.1) is 0 Å². The first-order chi connectivity index (χ1) is 13.1. The highest BCUT2D eigenvalue weighted by atomic mass is 28.4. The minimum Gasteiger partial charge on any atom is -0.370 e. The lowest BCUT2D eigenvalue weighted by molar-refractivity contribution is -0.122. The van der Waals surface area contributed by atoms with Gasteiger partial charge in [0.05, 0.1) is 17.5 Å². The van der Waals surface area contributed by atoms with Crippen molar-refractivity contribution in [2.75, 3.05) is 24.7 Å². The molecule has 7 heteroatoms. The Hall–Kier alpha value is -1.80. The molecular weight excluding hydrogens is 362 g/mol. The number of benzene rings is 1. The molecule has 1 aliphatic carbocycles. The molecule has 0 aromatic heterocycles. The Morgan fingerprint density at radius 2 is 1.48 bits per heavy atom. The summed E-state index contributed by atoms with van der Waals surface area (Å²) in [5.41, 5.74) is 0.631. The number of allylic oxidation sites excluding steroid dienone is 2. The molecule has 1 saturated heterocycles. The molecule has 2 aliphatic rings. The summed E-state index contributed by atoms with van der Waals surface area (Å²) in [4.78, 5) is 27.3. The van der Waals surface area contributed by atoms with Crippen molar-refractivity contribution >= 4 is 26.3 Å². The Bertz CT molecular complexity index is 703. The standard InChI is InChI=1S/C20H27NO5Si/c1-4-24-27(25-5-2,26-6-3)16-12-13-17-18(14-16)20(23)21(19(17)22)15-10-8-7-9-11-15/h7-12,17-18H,4-6,13-14H2,1-3H3. The third kappa shape index (κ3) is 3.64. The lowest BCUT2D eigenvalue weighted by Gasteiger charge is -2.34. The first kappa shape index (κ1) is 19.9. The number of anilines is 1. The second kappa shape index (κ2) is 8.47. The number of fused-ring (bicyclic) bond motifs is 1. The number of carbonyl (C=O) groups excluding carboxylic acids is 2. The lowest BCUT2D eigenvalue weighted by atomic mass is 9.85. The molecule has 1 aromatic carbocycles. The van der Waals surface area contributed by atoms with Gasteiger partial charge in [-0.25, -0.2) is 0 Å². The van der Waals surface area contributed by atoms with Gasteiger partial charge in [0.1, 0.15) is 0 Å². The molecule has 1 aromatic rings. The predicted molar refractivity (Wildman–Crippen MR) is 104 cm³/mol. The molecule has 2 amide bonds. The van der Waals surface area contributed by atoms with Gasteiger partial charge in [-0.3, -0.25) is 14.5 Å². The van der Waals surface area contributed by atoms with Gasteiger partial charge in [-0.2, -0.15) is 0 Å². The Labute approximate surface area is 161 Å². The second-order valence-corrected chi connectivity index (χ2v) is 9.21. The van der Waals surface area contributed by atoms with Crippen molar-refractivity contribution in [1.29, 1.82) is 0 Å². The maximum absolute atomic E-state index is 13.1. The van der Waals surface area contributed by atoms with Gasteiger partial charge in [0, 0.05) is 19.8 Å². The third-order valence-corrected chi connectivity index (χ3v) is 8.23. The topological polar surface area (TPSA) is 65.1 Å². The second-order valence-electron chi connectivity index (χ2n) is 6.58. The van der Waals surface area contributed by atoms with Gasteiger partial charge in [-0.1, -0.05) is 24.3 Å². The number of nitrogens with zero attached hydrogens (tertiary/aromatic N) is 1. The number of amides is 2. The third-order valence-electron chi connectivity index (χ3n) is 5.03. The Morgan fingerprint density at radius 3 is 2.04 bits per heavy atom. The Morgan fingerprint density at radius 1 is 0.926 bits per heavy atom. The summed E-state index contributed by atoms with van der Waals surface area (Å²) in [6.07, 6.45) is 2.97. The van der Waals surface area contributed by atoms with Gasteiger partial charge >= 0.3 is 8.80 Å². The largest absolute Gasteiger partial charge is 0.532 e. The van der Waals surface area contributed by atoms with E-state index in [-0.39, 0.29) is 23.7 Å². The molecule has 3 rings (SSSR count). The minimum atomic E-state index is -3.03. The maximum atomic E-state index is 13.1. The molecule has 6 nitrogen and oxygen atoms in total. The first-order valence-electron chi connectivity index (χ1n) is 9.62. The van der Waals surface area contributed by atoms with Gasteiger partial charge in [0.2, 0.25) is 11.8 Å². The summed E-state index contributed by atoms with van der Waals surface area (Å²) in [7, 11) is -3.03. The van der Waals surface area contributed by atoms with Crippen molar-refractivity contribution in [3.05, 3.63) is 41.6 Å². The summed E-state index contributed by atoms with van der Waals surface area (Å²) < 4.78 is 18.0. The van der Waals surface area contributed by atoms with Crippen LogP contribution in [0, 0.1) is 11.8 Å². The van der Waals surface area contributed by atoms with Crippen LogP contribution in [0.1, 0.15) is 33.6 Å². The van der Waals surface area contributed by atoms with Crippen LogP contribution in [0.25, 0.3) is 0 Å². The van der Waals surface area contributed by atoms with Crippen molar-refractivity contribution in [2.24, 2.45) is 11.8 Å². The Balaban J connectivity index is 1.88. The van der Waals surface area contributed by atoms with Gasteiger partial charge in [-0.05, 0) is 50.9 Å². The summed E-state index contributed by atoms with van der Waals surface area (Å²) in [5, 5.41) is 0.922. The van der Waals surface area contributed by atoms with Gasteiger partial charge in [0.25, 0.3) is 0 Å². The molecule has 146 valence electrons. The maximum Gasteiger partial charge on any atom is 0.532 e. The van der Waals surface area contributed by atoms with Crippen LogP contribution in [-0.4, -0.2) is 40.4 Å². The molecule has 1 aliphatic heterocycles.